The minimum absolute atomic E-state index is 0.248. The molecule has 4 aliphatic carbocycles. The highest BCUT2D eigenvalue weighted by Gasteiger charge is 2.54. The molecule has 1 aromatic heterocycles. The van der Waals surface area contributed by atoms with Gasteiger partial charge in [-0.2, -0.15) is 0 Å². The molecule has 7 rings (SSSR count). The Balaban J connectivity index is 1.20. The van der Waals surface area contributed by atoms with Gasteiger partial charge in [0.1, 0.15) is 5.82 Å². The van der Waals surface area contributed by atoms with Crippen LogP contribution in [0.15, 0.2) is 36.5 Å². The molecule has 5 N–H and O–H groups in total. The van der Waals surface area contributed by atoms with Gasteiger partial charge >= 0.3 is 0 Å². The Kier molecular flexibility index (Phi) is 5.37. The van der Waals surface area contributed by atoms with Gasteiger partial charge in [-0.3, -0.25) is 4.79 Å². The van der Waals surface area contributed by atoms with E-state index in [1.54, 1.807) is 6.20 Å². The van der Waals surface area contributed by atoms with Crippen LogP contribution in [0, 0.1) is 17.8 Å². The van der Waals surface area contributed by atoms with Crippen molar-refractivity contribution >= 4 is 28.8 Å². The van der Waals surface area contributed by atoms with Crippen LogP contribution in [0.2, 0.25) is 0 Å². The Morgan fingerprint density at radius 1 is 1.12 bits per heavy atom. The Bertz CT molecular complexity index is 1050. The third kappa shape index (κ3) is 4.09. The number of anilines is 4. The first-order chi connectivity index (χ1) is 16.5. The first kappa shape index (κ1) is 21.7. The highest BCUT2D eigenvalue weighted by atomic mass is 16.5. The van der Waals surface area contributed by atoms with Gasteiger partial charge in [-0.1, -0.05) is 0 Å². The molecular weight excluding hydrogens is 430 g/mol. The number of nitrogens with one attached hydrogen (secondary N) is 2. The summed E-state index contributed by atoms with van der Waals surface area (Å²) in [5.74, 6) is 1.66. The van der Waals surface area contributed by atoms with Gasteiger partial charge in [-0.25, -0.2) is 4.98 Å². The number of aliphatic hydroxyl groups is 1. The third-order valence-corrected chi connectivity index (χ3v) is 8.25. The van der Waals surface area contributed by atoms with Crippen molar-refractivity contribution in [3.63, 3.8) is 0 Å². The number of carbonyl (C=O) groups excluding carboxylic acids is 1. The number of amides is 1. The van der Waals surface area contributed by atoms with E-state index in [1.165, 1.54) is 5.69 Å². The lowest BCUT2D eigenvalue weighted by Crippen LogP contribution is -2.59. The zero-order valence-electron chi connectivity index (χ0n) is 19.4. The topological polar surface area (TPSA) is 113 Å². The van der Waals surface area contributed by atoms with Gasteiger partial charge in [0.2, 0.25) is 0 Å². The Hall–Kier alpha value is -2.84. The molecule has 5 fully saturated rings. The van der Waals surface area contributed by atoms with Crippen molar-refractivity contribution in [3.8, 4) is 0 Å². The number of nitrogens with zero attached hydrogens (tertiary/aromatic N) is 2. The van der Waals surface area contributed by atoms with Gasteiger partial charge in [-0.15, -0.1) is 0 Å². The molecule has 2 aromatic rings. The first-order valence-electron chi connectivity index (χ1n) is 12.4. The molecule has 34 heavy (non-hydrogen) atoms. The van der Waals surface area contributed by atoms with Crippen molar-refractivity contribution in [1.29, 1.82) is 0 Å². The van der Waals surface area contributed by atoms with E-state index in [-0.39, 0.29) is 6.04 Å². The molecule has 5 atom stereocenters. The average Bonchev–Trinajstić information content (AvgIpc) is 2.81. The van der Waals surface area contributed by atoms with Crippen molar-refractivity contribution in [2.24, 2.45) is 23.5 Å². The summed E-state index contributed by atoms with van der Waals surface area (Å²) in [6.45, 7) is 3.32. The van der Waals surface area contributed by atoms with E-state index in [0.29, 0.717) is 29.1 Å². The van der Waals surface area contributed by atoms with Gasteiger partial charge < -0.3 is 31.1 Å². The SMILES string of the molecule is NC(=O)c1cnc(Nc2ccc(N3CCOCC3)cc2)cc1NC1[C@@H]2CC3C[C@H]1CC(O)(C3)C2. The van der Waals surface area contributed by atoms with E-state index in [0.717, 1.165) is 69.8 Å². The van der Waals surface area contributed by atoms with E-state index in [2.05, 4.69) is 32.7 Å². The van der Waals surface area contributed by atoms with Crippen LogP contribution in [0.4, 0.5) is 22.9 Å². The van der Waals surface area contributed by atoms with Crippen molar-refractivity contribution in [1.82, 2.24) is 4.98 Å². The number of morpholine rings is 1. The van der Waals surface area contributed by atoms with Gasteiger partial charge in [0.05, 0.1) is 30.1 Å². The second-order valence-electron chi connectivity index (χ2n) is 10.6. The maximum Gasteiger partial charge on any atom is 0.252 e. The molecule has 180 valence electrons. The number of benzene rings is 1. The maximum absolute atomic E-state index is 12.1. The fourth-order valence-corrected chi connectivity index (χ4v) is 6.96. The molecule has 1 aromatic carbocycles. The molecule has 1 amide bonds. The number of carbonyl (C=O) groups is 1. The molecule has 4 saturated carbocycles. The van der Waals surface area contributed by atoms with Crippen molar-refractivity contribution in [2.75, 3.05) is 41.8 Å². The third-order valence-electron chi connectivity index (χ3n) is 8.25. The number of aromatic nitrogens is 1. The Labute approximate surface area is 199 Å². The van der Waals surface area contributed by atoms with Crippen LogP contribution in [0.25, 0.3) is 0 Å². The molecule has 4 bridgehead atoms. The number of hydrogen-bond donors (Lipinski definition) is 4. The van der Waals surface area contributed by atoms with E-state index < -0.39 is 11.5 Å². The lowest BCUT2D eigenvalue weighted by atomic mass is 9.52. The summed E-state index contributed by atoms with van der Waals surface area (Å²) in [5.41, 5.74) is 8.43. The quantitative estimate of drug-likeness (QED) is 0.521. The summed E-state index contributed by atoms with van der Waals surface area (Å²) in [4.78, 5) is 18.9. The van der Waals surface area contributed by atoms with E-state index >= 15 is 0 Å². The summed E-state index contributed by atoms with van der Waals surface area (Å²) in [5, 5.41) is 17.9. The zero-order valence-corrected chi connectivity index (χ0v) is 19.4. The van der Waals surface area contributed by atoms with Crippen LogP contribution >= 0.6 is 0 Å². The lowest BCUT2D eigenvalue weighted by molar-refractivity contribution is -0.129. The summed E-state index contributed by atoms with van der Waals surface area (Å²) in [6, 6.07) is 10.4. The normalized spacial score (nSPS) is 32.0. The van der Waals surface area contributed by atoms with Gasteiger partial charge in [-0.05, 0) is 74.1 Å². The van der Waals surface area contributed by atoms with Crippen LogP contribution < -0.4 is 21.3 Å². The summed E-state index contributed by atoms with van der Waals surface area (Å²) < 4.78 is 5.44. The van der Waals surface area contributed by atoms with Crippen LogP contribution in [-0.2, 0) is 4.74 Å². The molecule has 8 nitrogen and oxygen atoms in total. The van der Waals surface area contributed by atoms with Crippen LogP contribution in [0.5, 0.6) is 0 Å². The second-order valence-corrected chi connectivity index (χ2v) is 10.6. The van der Waals surface area contributed by atoms with Crippen LogP contribution in [0.3, 0.4) is 0 Å². The highest BCUT2D eigenvalue weighted by Crippen LogP contribution is 2.56. The Morgan fingerprint density at radius 2 is 1.82 bits per heavy atom. The summed E-state index contributed by atoms with van der Waals surface area (Å²) in [6.07, 6.45) is 6.48. The van der Waals surface area contributed by atoms with Crippen molar-refractivity contribution < 1.29 is 14.6 Å². The number of hydrogen-bond acceptors (Lipinski definition) is 7. The van der Waals surface area contributed by atoms with Crippen LogP contribution in [-0.4, -0.2) is 53.9 Å². The number of nitrogens with two attached hydrogens (primary N) is 1. The molecule has 2 heterocycles. The summed E-state index contributed by atoms with van der Waals surface area (Å²) in [7, 11) is 0. The first-order valence-corrected chi connectivity index (χ1v) is 12.4. The average molecular weight is 464 g/mol. The van der Waals surface area contributed by atoms with Gasteiger partial charge in [0, 0.05) is 42.8 Å². The number of primary amides is 1. The standard InChI is InChI=1S/C26H33N5O3/c27-25(32)21-15-28-23(29-19-1-3-20(4-2-19)31-5-7-34-8-6-31)11-22(21)30-24-17-9-16-10-18(24)14-26(33,12-16)13-17/h1-4,11,15-18,24,33H,5-10,12-14H2,(H2,27,32)(H2,28,29,30)/t16?,17-,18+,24?,26?. The molecular formula is C26H33N5O3. The fraction of sp³-hybridized carbons (Fsp3) is 0.538. The molecule has 8 heteroatoms. The van der Waals surface area contributed by atoms with E-state index in [9.17, 15) is 9.90 Å². The fourth-order valence-electron chi connectivity index (χ4n) is 6.96. The molecule has 3 unspecified atom stereocenters. The predicted octanol–water partition coefficient (Wildman–Crippen LogP) is 3.11. The molecule has 1 aliphatic heterocycles. The van der Waals surface area contributed by atoms with E-state index in [1.807, 2.05) is 18.2 Å². The number of pyridine rings is 1. The minimum atomic E-state index is -0.487. The van der Waals surface area contributed by atoms with Crippen molar-refractivity contribution in [2.45, 2.75) is 43.7 Å². The molecule has 0 spiro atoms. The number of rotatable bonds is 6. The lowest BCUT2D eigenvalue weighted by Gasteiger charge is -2.58. The number of ether oxygens (including phenoxy) is 1. The monoisotopic (exact) mass is 463 g/mol. The molecule has 1 saturated heterocycles. The zero-order chi connectivity index (χ0) is 23.3. The van der Waals surface area contributed by atoms with Gasteiger partial charge in [0.15, 0.2) is 0 Å². The largest absolute Gasteiger partial charge is 0.390 e. The minimum Gasteiger partial charge on any atom is -0.390 e. The summed E-state index contributed by atoms with van der Waals surface area (Å²) >= 11 is 0. The smallest absolute Gasteiger partial charge is 0.252 e. The molecule has 5 aliphatic rings. The Morgan fingerprint density at radius 3 is 2.47 bits per heavy atom. The maximum atomic E-state index is 12.1. The second kappa shape index (κ2) is 8.43. The molecule has 0 radical (unpaired) electrons. The predicted molar refractivity (Wildman–Crippen MR) is 131 cm³/mol. The van der Waals surface area contributed by atoms with Gasteiger partial charge in [0.25, 0.3) is 5.91 Å². The van der Waals surface area contributed by atoms with E-state index in [4.69, 9.17) is 10.5 Å². The van der Waals surface area contributed by atoms with Crippen molar-refractivity contribution in [3.05, 3.63) is 42.1 Å². The van der Waals surface area contributed by atoms with Crippen LogP contribution in [0.1, 0.15) is 42.5 Å². The highest BCUT2D eigenvalue weighted by molar-refractivity contribution is 5.98.